The van der Waals surface area contributed by atoms with Crippen molar-refractivity contribution in [2.75, 3.05) is 7.11 Å². The van der Waals surface area contributed by atoms with Crippen molar-refractivity contribution in [3.8, 4) is 28.6 Å². The van der Waals surface area contributed by atoms with Gasteiger partial charge in [-0.3, -0.25) is 4.79 Å². The van der Waals surface area contributed by atoms with Crippen LogP contribution in [0.5, 0.6) is 5.75 Å². The monoisotopic (exact) mass is 377 g/mol. The van der Waals surface area contributed by atoms with Gasteiger partial charge in [-0.2, -0.15) is 4.98 Å². The van der Waals surface area contributed by atoms with Crippen molar-refractivity contribution in [2.45, 2.75) is 0 Å². The molecule has 0 bridgehead atoms. The molecular formula is C20H15N3O5. The summed E-state index contributed by atoms with van der Waals surface area (Å²) in [7, 11) is 2.91. The minimum Gasteiger partial charge on any atom is -0.506 e. The second-order valence-electron chi connectivity index (χ2n) is 6.10. The average molecular weight is 377 g/mol. The second-order valence-corrected chi connectivity index (χ2v) is 6.10. The predicted octanol–water partition coefficient (Wildman–Crippen LogP) is 2.75. The van der Waals surface area contributed by atoms with Crippen molar-refractivity contribution < 1.29 is 19.2 Å². The van der Waals surface area contributed by atoms with Crippen LogP contribution in [0, 0.1) is 0 Å². The summed E-state index contributed by atoms with van der Waals surface area (Å²) in [6.45, 7) is 0. The lowest BCUT2D eigenvalue weighted by molar-refractivity contribution is 0.0600. The van der Waals surface area contributed by atoms with E-state index in [0.717, 1.165) is 0 Å². The fraction of sp³-hybridized carbons (Fsp3) is 0.100. The minimum absolute atomic E-state index is 0.0638. The van der Waals surface area contributed by atoms with E-state index in [-0.39, 0.29) is 23.0 Å². The third-order valence-corrected chi connectivity index (χ3v) is 4.48. The molecule has 0 saturated heterocycles. The number of hydrogen-bond donors (Lipinski definition) is 1. The predicted molar refractivity (Wildman–Crippen MR) is 101 cm³/mol. The SMILES string of the molecule is COC(=O)c1ccc(-c2noc(-c3c(O)c4ccccc4n(C)c3=O)n2)cc1. The molecule has 0 saturated carbocycles. The van der Waals surface area contributed by atoms with Gasteiger partial charge >= 0.3 is 5.97 Å². The zero-order valence-corrected chi connectivity index (χ0v) is 15.0. The highest BCUT2D eigenvalue weighted by Crippen LogP contribution is 2.32. The maximum absolute atomic E-state index is 12.7. The van der Waals surface area contributed by atoms with Gasteiger partial charge in [0, 0.05) is 18.0 Å². The molecule has 8 nitrogen and oxygen atoms in total. The van der Waals surface area contributed by atoms with Gasteiger partial charge in [0.05, 0.1) is 18.2 Å². The van der Waals surface area contributed by atoms with Crippen LogP contribution in [0.25, 0.3) is 33.7 Å². The number of aromatic nitrogens is 3. The van der Waals surface area contributed by atoms with E-state index in [4.69, 9.17) is 4.52 Å². The van der Waals surface area contributed by atoms with Crippen molar-refractivity contribution >= 4 is 16.9 Å². The Morgan fingerprint density at radius 2 is 1.86 bits per heavy atom. The molecule has 28 heavy (non-hydrogen) atoms. The minimum atomic E-state index is -0.454. The summed E-state index contributed by atoms with van der Waals surface area (Å²) >= 11 is 0. The van der Waals surface area contributed by atoms with Gasteiger partial charge in [0.2, 0.25) is 5.82 Å². The maximum Gasteiger partial charge on any atom is 0.337 e. The van der Waals surface area contributed by atoms with Gasteiger partial charge in [0.1, 0.15) is 11.3 Å². The quantitative estimate of drug-likeness (QED) is 0.547. The molecule has 0 amide bonds. The van der Waals surface area contributed by atoms with Crippen LogP contribution in [0.15, 0.2) is 57.8 Å². The summed E-state index contributed by atoms with van der Waals surface area (Å²) in [4.78, 5) is 28.5. The summed E-state index contributed by atoms with van der Waals surface area (Å²) < 4.78 is 11.3. The van der Waals surface area contributed by atoms with Crippen molar-refractivity contribution in [3.63, 3.8) is 0 Å². The number of fused-ring (bicyclic) bond motifs is 1. The Bertz CT molecular complexity index is 1260. The number of rotatable bonds is 3. The van der Waals surface area contributed by atoms with E-state index >= 15 is 0 Å². The molecule has 140 valence electrons. The van der Waals surface area contributed by atoms with Crippen LogP contribution in [0.2, 0.25) is 0 Å². The summed E-state index contributed by atoms with van der Waals surface area (Å²) in [6, 6.07) is 13.4. The fourth-order valence-electron chi connectivity index (χ4n) is 2.99. The zero-order chi connectivity index (χ0) is 19.8. The van der Waals surface area contributed by atoms with Gasteiger partial charge in [-0.1, -0.05) is 29.4 Å². The maximum atomic E-state index is 12.7. The largest absolute Gasteiger partial charge is 0.506 e. The second kappa shape index (κ2) is 6.66. The van der Waals surface area contributed by atoms with Crippen molar-refractivity contribution in [1.82, 2.24) is 14.7 Å². The number of carbonyl (C=O) groups excluding carboxylic acids is 1. The number of hydrogen-bond acceptors (Lipinski definition) is 7. The van der Waals surface area contributed by atoms with E-state index in [2.05, 4.69) is 14.9 Å². The molecule has 4 aromatic rings. The smallest absolute Gasteiger partial charge is 0.337 e. The van der Waals surface area contributed by atoms with E-state index in [1.54, 1.807) is 55.6 Å². The molecule has 0 spiro atoms. The van der Waals surface area contributed by atoms with E-state index in [9.17, 15) is 14.7 Å². The number of aryl methyl sites for hydroxylation is 1. The molecule has 8 heteroatoms. The molecule has 0 atom stereocenters. The zero-order valence-electron chi connectivity index (χ0n) is 15.0. The lowest BCUT2D eigenvalue weighted by Gasteiger charge is -2.09. The lowest BCUT2D eigenvalue weighted by Crippen LogP contribution is -2.19. The first-order valence-electron chi connectivity index (χ1n) is 8.34. The van der Waals surface area contributed by atoms with Crippen LogP contribution < -0.4 is 5.56 Å². The Kier molecular flexibility index (Phi) is 4.15. The van der Waals surface area contributed by atoms with Crippen molar-refractivity contribution in [3.05, 3.63) is 64.4 Å². The first-order chi connectivity index (χ1) is 13.5. The van der Waals surface area contributed by atoms with Gasteiger partial charge in [0.25, 0.3) is 11.4 Å². The number of carbonyl (C=O) groups is 1. The highest BCUT2D eigenvalue weighted by Gasteiger charge is 2.22. The van der Waals surface area contributed by atoms with Gasteiger partial charge in [-0.15, -0.1) is 0 Å². The molecule has 0 fully saturated rings. The van der Waals surface area contributed by atoms with Crippen LogP contribution in [0.4, 0.5) is 0 Å². The first-order valence-corrected chi connectivity index (χ1v) is 8.34. The molecule has 0 radical (unpaired) electrons. The van der Waals surface area contributed by atoms with E-state index in [1.165, 1.54) is 11.7 Å². The summed E-state index contributed by atoms with van der Waals surface area (Å²) in [6.07, 6.45) is 0. The van der Waals surface area contributed by atoms with Crippen LogP contribution >= 0.6 is 0 Å². The molecule has 2 aromatic heterocycles. The molecule has 0 aliphatic heterocycles. The third kappa shape index (κ3) is 2.71. The van der Waals surface area contributed by atoms with Crippen molar-refractivity contribution in [2.24, 2.45) is 7.05 Å². The molecule has 2 heterocycles. The number of pyridine rings is 1. The Labute approximate surface area is 158 Å². The van der Waals surface area contributed by atoms with Gasteiger partial charge in [0.15, 0.2) is 0 Å². The highest BCUT2D eigenvalue weighted by atomic mass is 16.5. The number of ether oxygens (including phenoxy) is 1. The lowest BCUT2D eigenvalue weighted by atomic mass is 10.1. The Balaban J connectivity index is 1.80. The Morgan fingerprint density at radius 3 is 2.57 bits per heavy atom. The standard InChI is InChI=1S/C20H15N3O5/c1-23-14-6-4-3-5-13(14)16(24)15(19(23)25)18-21-17(22-28-18)11-7-9-12(10-8-11)20(26)27-2/h3-10,24H,1-2H3. The average Bonchev–Trinajstić information content (AvgIpc) is 3.21. The molecular weight excluding hydrogens is 362 g/mol. The molecule has 1 N–H and O–H groups in total. The fourth-order valence-corrected chi connectivity index (χ4v) is 2.99. The molecule has 0 unspecified atom stereocenters. The van der Waals surface area contributed by atoms with Crippen LogP contribution in [0.3, 0.4) is 0 Å². The Morgan fingerprint density at radius 1 is 1.14 bits per heavy atom. The first kappa shape index (κ1) is 17.5. The summed E-state index contributed by atoms with van der Waals surface area (Å²) in [5.41, 5.74) is 1.04. The molecule has 4 rings (SSSR count). The van der Waals surface area contributed by atoms with E-state index in [0.29, 0.717) is 22.0 Å². The van der Waals surface area contributed by atoms with Gasteiger partial charge in [-0.25, -0.2) is 4.79 Å². The highest BCUT2D eigenvalue weighted by molar-refractivity contribution is 5.91. The summed E-state index contributed by atoms with van der Waals surface area (Å²) in [5.74, 6) is -0.531. The number of methoxy groups -OCH3 is 1. The number of para-hydroxylation sites is 1. The number of aromatic hydroxyl groups is 1. The van der Waals surface area contributed by atoms with Crippen LogP contribution in [-0.4, -0.2) is 32.9 Å². The molecule has 2 aromatic carbocycles. The number of esters is 1. The van der Waals surface area contributed by atoms with E-state index in [1.807, 2.05) is 0 Å². The van der Waals surface area contributed by atoms with Crippen LogP contribution in [-0.2, 0) is 11.8 Å². The van der Waals surface area contributed by atoms with Gasteiger partial charge < -0.3 is 18.9 Å². The van der Waals surface area contributed by atoms with Gasteiger partial charge in [-0.05, 0) is 24.3 Å². The normalized spacial score (nSPS) is 10.9. The van der Waals surface area contributed by atoms with Crippen molar-refractivity contribution in [1.29, 1.82) is 0 Å². The third-order valence-electron chi connectivity index (χ3n) is 4.48. The Hall–Kier alpha value is -3.94. The van der Waals surface area contributed by atoms with E-state index < -0.39 is 11.5 Å². The van der Waals surface area contributed by atoms with Crippen LogP contribution in [0.1, 0.15) is 10.4 Å². The summed E-state index contributed by atoms with van der Waals surface area (Å²) in [5, 5.41) is 15.0. The molecule has 0 aliphatic carbocycles. The molecule has 0 aliphatic rings. The number of benzene rings is 2. The number of nitrogens with zero attached hydrogens (tertiary/aromatic N) is 3. The topological polar surface area (TPSA) is 107 Å².